The van der Waals surface area contributed by atoms with Gasteiger partial charge < -0.3 is 20.2 Å². The number of aryl methyl sites for hydroxylation is 1. The Hall–Kier alpha value is -4.77. The van der Waals surface area contributed by atoms with Gasteiger partial charge in [0.2, 0.25) is 0 Å². The van der Waals surface area contributed by atoms with Crippen molar-refractivity contribution in [2.45, 2.75) is 13.0 Å². The lowest BCUT2D eigenvalue weighted by Gasteiger charge is -2.21. The summed E-state index contributed by atoms with van der Waals surface area (Å²) in [6, 6.07) is 17.1. The van der Waals surface area contributed by atoms with Crippen molar-refractivity contribution in [3.63, 3.8) is 0 Å². The van der Waals surface area contributed by atoms with Crippen LogP contribution in [0.4, 0.5) is 5.82 Å². The van der Waals surface area contributed by atoms with Crippen molar-refractivity contribution in [1.82, 2.24) is 20.0 Å². The smallest absolute Gasteiger partial charge is 0.305 e. The molecule has 0 atom stereocenters. The second-order valence-electron chi connectivity index (χ2n) is 7.94. The highest BCUT2D eigenvalue weighted by Gasteiger charge is 2.21. The zero-order chi connectivity index (χ0) is 25.7. The van der Waals surface area contributed by atoms with Gasteiger partial charge >= 0.3 is 5.97 Å². The number of benzene rings is 2. The van der Waals surface area contributed by atoms with E-state index in [0.29, 0.717) is 40.6 Å². The zero-order valence-electron chi connectivity index (χ0n) is 19.5. The standard InChI is InChI=1S/C25H25N7O4/c1-31-20-10-7-17(25(35)32(13-11-23(33)34)21-4-2-3-12-28-21)14-19(20)30-22(31)15-29-36-18-8-5-16(6-9-18)24(26)27/h2-10,12,14,29H,11,13,15H2,1H3,(H3,26,27)(H,33,34). The normalized spacial score (nSPS) is 10.8. The van der Waals surface area contributed by atoms with Crippen molar-refractivity contribution in [2.24, 2.45) is 12.8 Å². The van der Waals surface area contributed by atoms with Gasteiger partial charge in [-0.25, -0.2) is 9.97 Å². The molecular weight excluding hydrogens is 462 g/mol. The first kappa shape index (κ1) is 24.4. The zero-order valence-corrected chi connectivity index (χ0v) is 19.5. The number of pyridine rings is 1. The molecule has 0 saturated heterocycles. The minimum Gasteiger partial charge on any atom is -0.481 e. The summed E-state index contributed by atoms with van der Waals surface area (Å²) in [5.41, 5.74) is 10.7. The lowest BCUT2D eigenvalue weighted by atomic mass is 10.1. The molecule has 36 heavy (non-hydrogen) atoms. The van der Waals surface area contributed by atoms with Gasteiger partial charge in [-0.2, -0.15) is 0 Å². The lowest BCUT2D eigenvalue weighted by Crippen LogP contribution is -2.33. The number of hydrogen-bond acceptors (Lipinski definition) is 7. The van der Waals surface area contributed by atoms with Gasteiger partial charge in [-0.3, -0.25) is 19.9 Å². The Morgan fingerprint density at radius 3 is 2.56 bits per heavy atom. The molecule has 0 fully saturated rings. The first-order valence-electron chi connectivity index (χ1n) is 11.1. The fourth-order valence-electron chi connectivity index (χ4n) is 3.62. The number of carbonyl (C=O) groups excluding carboxylic acids is 1. The van der Waals surface area contributed by atoms with Crippen molar-refractivity contribution in [2.75, 3.05) is 11.4 Å². The number of carboxylic acids is 1. The molecule has 0 aliphatic rings. The number of hydrogen-bond donors (Lipinski definition) is 4. The van der Waals surface area contributed by atoms with Gasteiger partial charge in [0, 0.05) is 30.9 Å². The van der Waals surface area contributed by atoms with E-state index in [1.165, 1.54) is 4.90 Å². The van der Waals surface area contributed by atoms with Gasteiger partial charge in [0.25, 0.3) is 5.91 Å². The highest BCUT2D eigenvalue weighted by atomic mass is 16.6. The predicted octanol–water partition coefficient (Wildman–Crippen LogP) is 2.46. The average molecular weight is 488 g/mol. The quantitative estimate of drug-likeness (QED) is 0.151. The number of carboxylic acid groups (broad SMARTS) is 1. The van der Waals surface area contributed by atoms with Crippen LogP contribution >= 0.6 is 0 Å². The Labute approximate surface area is 206 Å². The van der Waals surface area contributed by atoms with E-state index in [2.05, 4.69) is 15.4 Å². The van der Waals surface area contributed by atoms with Crippen LogP contribution in [0, 0.1) is 5.41 Å². The van der Waals surface area contributed by atoms with E-state index >= 15 is 0 Å². The third kappa shape index (κ3) is 5.47. The SMILES string of the molecule is Cn1c(CNOc2ccc(C(=N)N)cc2)nc2cc(C(=O)N(CCC(=O)O)c3ccccn3)ccc21. The van der Waals surface area contributed by atoms with E-state index in [4.69, 9.17) is 21.1 Å². The van der Waals surface area contributed by atoms with Crippen LogP contribution in [0.2, 0.25) is 0 Å². The second kappa shape index (κ2) is 10.7. The monoisotopic (exact) mass is 487 g/mol. The minimum absolute atomic E-state index is 0.00859. The first-order valence-corrected chi connectivity index (χ1v) is 11.1. The molecule has 2 aromatic carbocycles. The van der Waals surface area contributed by atoms with Crippen LogP contribution in [0.5, 0.6) is 5.75 Å². The Balaban J connectivity index is 1.50. The number of anilines is 1. The summed E-state index contributed by atoms with van der Waals surface area (Å²) in [5.74, 6) is 0.239. The summed E-state index contributed by atoms with van der Waals surface area (Å²) >= 11 is 0. The van der Waals surface area contributed by atoms with Crippen LogP contribution in [-0.2, 0) is 18.4 Å². The molecule has 1 amide bonds. The molecule has 0 radical (unpaired) electrons. The van der Waals surface area contributed by atoms with Gasteiger partial charge in [0.15, 0.2) is 0 Å². The summed E-state index contributed by atoms with van der Waals surface area (Å²) in [4.78, 5) is 40.2. The minimum atomic E-state index is -1.00. The number of nitrogens with one attached hydrogen (secondary N) is 2. The van der Waals surface area contributed by atoms with Crippen molar-refractivity contribution >= 4 is 34.6 Å². The third-order valence-electron chi connectivity index (χ3n) is 5.53. The number of imidazole rings is 1. The van der Waals surface area contributed by atoms with Gasteiger partial charge in [-0.05, 0) is 54.6 Å². The van der Waals surface area contributed by atoms with E-state index in [1.807, 2.05) is 11.6 Å². The summed E-state index contributed by atoms with van der Waals surface area (Å²) in [7, 11) is 1.86. The maximum atomic E-state index is 13.3. The Kier molecular flexibility index (Phi) is 7.21. The van der Waals surface area contributed by atoms with Crippen LogP contribution in [-0.4, -0.2) is 43.9 Å². The van der Waals surface area contributed by atoms with Crippen LogP contribution in [0.3, 0.4) is 0 Å². The third-order valence-corrected chi connectivity index (χ3v) is 5.53. The number of amides is 1. The molecule has 0 aliphatic heterocycles. The molecule has 4 rings (SSSR count). The molecular formula is C25H25N7O4. The van der Waals surface area contributed by atoms with Gasteiger partial charge in [-0.15, -0.1) is 5.48 Å². The topological polar surface area (TPSA) is 159 Å². The number of nitrogens with two attached hydrogens (primary N) is 1. The van der Waals surface area contributed by atoms with E-state index < -0.39 is 5.97 Å². The summed E-state index contributed by atoms with van der Waals surface area (Å²) in [6.45, 7) is 0.285. The highest BCUT2D eigenvalue weighted by Crippen LogP contribution is 2.21. The van der Waals surface area contributed by atoms with E-state index in [-0.39, 0.29) is 24.7 Å². The molecule has 2 heterocycles. The maximum absolute atomic E-state index is 13.3. The Morgan fingerprint density at radius 1 is 1.14 bits per heavy atom. The van der Waals surface area contributed by atoms with E-state index in [9.17, 15) is 9.59 Å². The van der Waals surface area contributed by atoms with Crippen molar-refractivity contribution in [1.29, 1.82) is 5.41 Å². The number of fused-ring (bicyclic) bond motifs is 1. The summed E-state index contributed by atoms with van der Waals surface area (Å²) in [6.07, 6.45) is 1.35. The predicted molar refractivity (Wildman–Crippen MR) is 134 cm³/mol. The van der Waals surface area contributed by atoms with Crippen molar-refractivity contribution in [3.05, 3.63) is 83.8 Å². The van der Waals surface area contributed by atoms with E-state index in [0.717, 1.165) is 5.52 Å². The molecule has 11 heteroatoms. The van der Waals surface area contributed by atoms with Crippen molar-refractivity contribution < 1.29 is 19.5 Å². The molecule has 5 N–H and O–H groups in total. The lowest BCUT2D eigenvalue weighted by molar-refractivity contribution is -0.136. The van der Waals surface area contributed by atoms with E-state index in [1.54, 1.807) is 66.9 Å². The first-order chi connectivity index (χ1) is 17.3. The van der Waals surface area contributed by atoms with Crippen LogP contribution in [0.25, 0.3) is 11.0 Å². The number of nitrogens with zero attached hydrogens (tertiary/aromatic N) is 4. The van der Waals surface area contributed by atoms with Gasteiger partial charge in [0.1, 0.15) is 23.2 Å². The molecule has 184 valence electrons. The second-order valence-corrected chi connectivity index (χ2v) is 7.94. The average Bonchev–Trinajstić information content (AvgIpc) is 3.19. The van der Waals surface area contributed by atoms with Crippen LogP contribution in [0.15, 0.2) is 66.9 Å². The van der Waals surface area contributed by atoms with Crippen LogP contribution < -0.4 is 21.0 Å². The van der Waals surface area contributed by atoms with Crippen molar-refractivity contribution in [3.8, 4) is 5.75 Å². The number of nitrogen functional groups attached to an aromatic ring is 1. The number of carbonyl (C=O) groups is 2. The highest BCUT2D eigenvalue weighted by molar-refractivity contribution is 6.07. The maximum Gasteiger partial charge on any atom is 0.305 e. The fourth-order valence-corrected chi connectivity index (χ4v) is 3.62. The van der Waals surface area contributed by atoms with Gasteiger partial charge in [0.05, 0.1) is 24.0 Å². The fraction of sp³-hybridized carbons (Fsp3) is 0.160. The molecule has 0 unspecified atom stereocenters. The molecule has 0 saturated carbocycles. The number of aliphatic carboxylic acids is 1. The molecule has 2 aromatic heterocycles. The number of amidine groups is 1. The molecule has 0 aliphatic carbocycles. The number of hydroxylamine groups is 1. The van der Waals surface area contributed by atoms with Gasteiger partial charge in [-0.1, -0.05) is 6.07 Å². The molecule has 4 aromatic rings. The summed E-state index contributed by atoms with van der Waals surface area (Å²) < 4.78 is 1.89. The summed E-state index contributed by atoms with van der Waals surface area (Å²) in [5, 5.41) is 16.6. The van der Waals surface area contributed by atoms with Crippen LogP contribution in [0.1, 0.15) is 28.2 Å². The number of rotatable bonds is 10. The molecule has 11 nitrogen and oxygen atoms in total. The molecule has 0 spiro atoms. The Morgan fingerprint density at radius 2 is 1.89 bits per heavy atom. The largest absolute Gasteiger partial charge is 0.481 e. The Bertz CT molecular complexity index is 1400. The molecule has 0 bridgehead atoms. The number of aromatic nitrogens is 3.